The van der Waals surface area contributed by atoms with Gasteiger partial charge in [-0.1, -0.05) is 46.8 Å². The van der Waals surface area contributed by atoms with Gasteiger partial charge in [0.25, 0.3) is 11.8 Å². The molecule has 2 amide bonds. The van der Waals surface area contributed by atoms with Crippen molar-refractivity contribution in [2.45, 2.75) is 18.6 Å². The van der Waals surface area contributed by atoms with Crippen LogP contribution in [0.3, 0.4) is 0 Å². The summed E-state index contributed by atoms with van der Waals surface area (Å²) >= 11 is 0. The van der Waals surface area contributed by atoms with E-state index in [-0.39, 0.29) is 18.1 Å². The highest BCUT2D eigenvalue weighted by molar-refractivity contribution is 6.25. The van der Waals surface area contributed by atoms with Gasteiger partial charge >= 0.3 is 0 Å². The number of halogens is 1. The van der Waals surface area contributed by atoms with Gasteiger partial charge in [-0.2, -0.15) is 10.1 Å². The average Bonchev–Trinajstić information content (AvgIpc) is 3.41. The van der Waals surface area contributed by atoms with Crippen LogP contribution in [-0.4, -0.2) is 39.0 Å². The summed E-state index contributed by atoms with van der Waals surface area (Å²) < 4.78 is 18.8. The monoisotopic (exact) mass is 392 g/mol. The Morgan fingerprint density at radius 1 is 1.03 bits per heavy atom. The van der Waals surface area contributed by atoms with Crippen molar-refractivity contribution in [2.24, 2.45) is 10.3 Å². The number of carbonyl (C=O) groups is 2. The van der Waals surface area contributed by atoms with Gasteiger partial charge in [0.05, 0.1) is 5.69 Å². The van der Waals surface area contributed by atoms with Gasteiger partial charge in [-0.3, -0.25) is 14.6 Å². The molecule has 0 bridgehead atoms. The fourth-order valence-corrected chi connectivity index (χ4v) is 3.39. The summed E-state index contributed by atoms with van der Waals surface area (Å²) in [6, 6.07) is 12.6. The molecule has 2 aromatic carbocycles. The fraction of sp³-hybridized carbons (Fsp3) is 0.158. The molecule has 3 heterocycles. The number of benzene rings is 2. The van der Waals surface area contributed by atoms with Crippen LogP contribution in [0.25, 0.3) is 11.4 Å². The molecule has 0 saturated carbocycles. The molecule has 2 atom stereocenters. The number of carbonyl (C=O) groups excluding carboxylic acids is 2. The molecule has 1 fully saturated rings. The molecule has 1 saturated heterocycles. The topological polar surface area (TPSA) is 104 Å². The van der Waals surface area contributed by atoms with Crippen molar-refractivity contribution in [3.63, 3.8) is 0 Å². The predicted octanol–water partition coefficient (Wildman–Crippen LogP) is 2.37. The third-order valence-electron chi connectivity index (χ3n) is 4.72. The number of nitrogens with zero attached hydrogens (tertiary/aromatic N) is 6. The maximum absolute atomic E-state index is 13.5. The molecule has 1 aromatic heterocycles. The van der Waals surface area contributed by atoms with Crippen LogP contribution in [0, 0.1) is 5.82 Å². The van der Waals surface area contributed by atoms with Crippen molar-refractivity contribution in [1.82, 2.24) is 15.1 Å². The predicted molar refractivity (Wildman–Crippen MR) is 96.6 cm³/mol. The molecule has 10 heteroatoms. The Morgan fingerprint density at radius 2 is 1.86 bits per heavy atom. The number of hydrogen-bond donors (Lipinski definition) is 0. The second kappa shape index (κ2) is 6.59. The maximum atomic E-state index is 13.5. The van der Waals surface area contributed by atoms with Gasteiger partial charge in [0, 0.05) is 5.56 Å². The summed E-state index contributed by atoms with van der Waals surface area (Å²) in [5.74, 6) is -0.986. The Balaban J connectivity index is 1.38. The van der Waals surface area contributed by atoms with Gasteiger partial charge < -0.3 is 4.52 Å². The third-order valence-corrected chi connectivity index (χ3v) is 4.72. The van der Waals surface area contributed by atoms with E-state index in [1.54, 1.807) is 0 Å². The minimum absolute atomic E-state index is 0.0144. The molecule has 144 valence electrons. The van der Waals surface area contributed by atoms with Crippen LogP contribution in [0.2, 0.25) is 0 Å². The van der Waals surface area contributed by atoms with Crippen molar-refractivity contribution in [3.05, 3.63) is 66.3 Å². The van der Waals surface area contributed by atoms with E-state index in [0.717, 1.165) is 16.5 Å². The van der Waals surface area contributed by atoms with Gasteiger partial charge in [-0.25, -0.2) is 9.29 Å². The summed E-state index contributed by atoms with van der Waals surface area (Å²) in [4.78, 5) is 30.8. The zero-order chi connectivity index (χ0) is 20.0. The highest BCUT2D eigenvalue weighted by atomic mass is 19.1. The van der Waals surface area contributed by atoms with Crippen LogP contribution < -0.4 is 4.90 Å². The number of rotatable bonds is 4. The Hall–Kier alpha value is -3.95. The molecule has 29 heavy (non-hydrogen) atoms. The van der Waals surface area contributed by atoms with Crippen LogP contribution in [0.15, 0.2) is 69.5 Å². The van der Waals surface area contributed by atoms with Crippen LogP contribution in [0.5, 0.6) is 0 Å². The highest BCUT2D eigenvalue weighted by Gasteiger charge is 2.55. The molecule has 0 aliphatic carbocycles. The number of amides is 2. The first-order chi connectivity index (χ1) is 14.1. The fourth-order valence-electron chi connectivity index (χ4n) is 3.39. The van der Waals surface area contributed by atoms with Gasteiger partial charge in [0.2, 0.25) is 11.7 Å². The summed E-state index contributed by atoms with van der Waals surface area (Å²) in [5.41, 5.74) is 0.946. The number of hydrogen-bond acceptors (Lipinski definition) is 8. The molecule has 2 aliphatic heterocycles. The van der Waals surface area contributed by atoms with E-state index in [4.69, 9.17) is 4.52 Å². The Kier molecular flexibility index (Phi) is 3.90. The van der Waals surface area contributed by atoms with Crippen molar-refractivity contribution in [2.75, 3.05) is 4.90 Å². The molecule has 0 radical (unpaired) electrons. The van der Waals surface area contributed by atoms with E-state index in [1.807, 2.05) is 30.3 Å². The Bertz CT molecular complexity index is 1130. The number of imide groups is 1. The van der Waals surface area contributed by atoms with Crippen LogP contribution in [0.4, 0.5) is 10.1 Å². The summed E-state index contributed by atoms with van der Waals surface area (Å²) in [6.45, 7) is 0.0144. The van der Waals surface area contributed by atoms with E-state index in [2.05, 4.69) is 20.5 Å². The minimum Gasteiger partial charge on any atom is -0.337 e. The lowest BCUT2D eigenvalue weighted by molar-refractivity contribution is -0.123. The summed E-state index contributed by atoms with van der Waals surface area (Å²) in [6.07, 6.45) is 0. The standard InChI is InChI=1S/C19H13FN6O3/c20-12-7-4-8-13(9-12)26-18(27)15-16(19(26)28)25(24-22-15)10-14-21-17(23-29-14)11-5-2-1-3-6-11/h1-9,15-16H,10H2. The van der Waals surface area contributed by atoms with Gasteiger partial charge in [-0.05, 0) is 18.2 Å². The van der Waals surface area contributed by atoms with Gasteiger partial charge in [-0.15, -0.1) is 0 Å². The van der Waals surface area contributed by atoms with E-state index in [1.165, 1.54) is 23.2 Å². The lowest BCUT2D eigenvalue weighted by Gasteiger charge is -2.19. The van der Waals surface area contributed by atoms with E-state index >= 15 is 0 Å². The Morgan fingerprint density at radius 3 is 2.66 bits per heavy atom. The quantitative estimate of drug-likeness (QED) is 0.632. The molecular formula is C19H13FN6O3. The summed E-state index contributed by atoms with van der Waals surface area (Å²) in [7, 11) is 0. The SMILES string of the molecule is O=C1C2N=NN(Cc3nc(-c4ccccc4)no3)C2C(=O)N1c1cccc(F)c1. The summed E-state index contributed by atoms with van der Waals surface area (Å²) in [5, 5.41) is 13.1. The van der Waals surface area contributed by atoms with Crippen LogP contribution >= 0.6 is 0 Å². The smallest absolute Gasteiger partial charge is 0.263 e. The zero-order valence-electron chi connectivity index (χ0n) is 14.8. The first-order valence-corrected chi connectivity index (χ1v) is 8.80. The molecule has 0 spiro atoms. The van der Waals surface area contributed by atoms with E-state index in [0.29, 0.717) is 5.82 Å². The van der Waals surface area contributed by atoms with Crippen LogP contribution in [-0.2, 0) is 16.1 Å². The third kappa shape index (κ3) is 2.85. The number of aromatic nitrogens is 2. The number of anilines is 1. The van der Waals surface area contributed by atoms with Crippen molar-refractivity contribution >= 4 is 17.5 Å². The molecule has 5 rings (SSSR count). The molecule has 3 aromatic rings. The molecule has 2 aliphatic rings. The van der Waals surface area contributed by atoms with Gasteiger partial charge in [0.15, 0.2) is 12.1 Å². The lowest BCUT2D eigenvalue weighted by atomic mass is 10.1. The van der Waals surface area contributed by atoms with Crippen molar-refractivity contribution in [3.8, 4) is 11.4 Å². The number of fused-ring (bicyclic) bond motifs is 1. The average molecular weight is 392 g/mol. The Labute approximate surface area is 163 Å². The molecule has 9 nitrogen and oxygen atoms in total. The second-order valence-corrected chi connectivity index (χ2v) is 6.56. The van der Waals surface area contributed by atoms with E-state index in [9.17, 15) is 14.0 Å². The van der Waals surface area contributed by atoms with Crippen molar-refractivity contribution < 1.29 is 18.5 Å². The van der Waals surface area contributed by atoms with Gasteiger partial charge in [0.1, 0.15) is 12.4 Å². The maximum Gasteiger partial charge on any atom is 0.263 e. The largest absolute Gasteiger partial charge is 0.337 e. The minimum atomic E-state index is -0.984. The lowest BCUT2D eigenvalue weighted by Crippen LogP contribution is -2.39. The molecule has 2 unspecified atom stereocenters. The molecule has 0 N–H and O–H groups in total. The van der Waals surface area contributed by atoms with E-state index < -0.39 is 29.7 Å². The first-order valence-electron chi connectivity index (χ1n) is 8.80. The van der Waals surface area contributed by atoms with Crippen LogP contribution in [0.1, 0.15) is 5.89 Å². The zero-order valence-corrected chi connectivity index (χ0v) is 14.8. The second-order valence-electron chi connectivity index (χ2n) is 6.56. The van der Waals surface area contributed by atoms with Crippen molar-refractivity contribution in [1.29, 1.82) is 0 Å². The normalized spacial score (nSPS) is 20.6. The highest BCUT2D eigenvalue weighted by Crippen LogP contribution is 2.33. The first kappa shape index (κ1) is 17.2. The molecular weight excluding hydrogens is 379 g/mol.